The van der Waals surface area contributed by atoms with Crippen LogP contribution in [0, 0.1) is 5.82 Å². The molecule has 102 valence electrons. The van der Waals surface area contributed by atoms with E-state index in [1.54, 1.807) is 0 Å². The quantitative estimate of drug-likeness (QED) is 0.841. The van der Waals surface area contributed by atoms with Gasteiger partial charge in [0.15, 0.2) is 0 Å². The van der Waals surface area contributed by atoms with E-state index in [2.05, 4.69) is 33.0 Å². The summed E-state index contributed by atoms with van der Waals surface area (Å²) in [5, 5.41) is 3.50. The molecule has 0 aliphatic rings. The first-order chi connectivity index (χ1) is 8.40. The number of hydrogen-bond donors (Lipinski definition) is 1. The lowest BCUT2D eigenvalue weighted by Gasteiger charge is -2.23. The van der Waals surface area contributed by atoms with Crippen LogP contribution in [0.2, 0.25) is 0 Å². The van der Waals surface area contributed by atoms with Crippen LogP contribution in [0.25, 0.3) is 0 Å². The van der Waals surface area contributed by atoms with Crippen LogP contribution in [0.15, 0.2) is 24.3 Å². The zero-order valence-electron chi connectivity index (χ0n) is 11.8. The van der Waals surface area contributed by atoms with Gasteiger partial charge in [0, 0.05) is 16.5 Å². The molecule has 1 aromatic rings. The molecule has 0 radical (unpaired) electrons. The van der Waals surface area contributed by atoms with Crippen LogP contribution < -0.4 is 5.32 Å². The van der Waals surface area contributed by atoms with Crippen LogP contribution >= 0.6 is 11.8 Å². The Hall–Kier alpha value is -0.540. The summed E-state index contributed by atoms with van der Waals surface area (Å²) in [7, 11) is 0. The molecule has 1 aromatic carbocycles. The minimum Gasteiger partial charge on any atom is -0.313 e. The second kappa shape index (κ2) is 7.15. The van der Waals surface area contributed by atoms with Crippen molar-refractivity contribution in [2.45, 2.75) is 44.9 Å². The van der Waals surface area contributed by atoms with Crippen molar-refractivity contribution in [2.24, 2.45) is 0 Å². The molecular formula is C15H24FNS. The van der Waals surface area contributed by atoms with Crippen LogP contribution in [-0.4, -0.2) is 23.1 Å². The van der Waals surface area contributed by atoms with Gasteiger partial charge in [0.1, 0.15) is 5.82 Å². The van der Waals surface area contributed by atoms with Gasteiger partial charge in [-0.15, -0.1) is 0 Å². The molecule has 0 aliphatic carbocycles. The Labute approximate surface area is 115 Å². The predicted octanol–water partition coefficient (Wildman–Crippen LogP) is 3.88. The fraction of sp³-hybridized carbons (Fsp3) is 0.600. The normalized spacial score (nSPS) is 13.6. The molecule has 18 heavy (non-hydrogen) atoms. The zero-order valence-corrected chi connectivity index (χ0v) is 12.6. The van der Waals surface area contributed by atoms with Crippen LogP contribution in [0.5, 0.6) is 0 Å². The summed E-state index contributed by atoms with van der Waals surface area (Å²) >= 11 is 1.97. The first kappa shape index (κ1) is 15.5. The van der Waals surface area contributed by atoms with E-state index < -0.39 is 0 Å². The molecule has 0 bridgehead atoms. The summed E-state index contributed by atoms with van der Waals surface area (Å²) < 4.78 is 13.1. The number of hydrogen-bond acceptors (Lipinski definition) is 2. The van der Waals surface area contributed by atoms with E-state index in [1.807, 2.05) is 23.9 Å². The van der Waals surface area contributed by atoms with Crippen molar-refractivity contribution in [3.05, 3.63) is 35.6 Å². The van der Waals surface area contributed by atoms with Gasteiger partial charge in [-0.3, -0.25) is 0 Å². The number of nitrogens with one attached hydrogen (secondary N) is 1. The number of rotatable bonds is 6. The highest BCUT2D eigenvalue weighted by Crippen LogP contribution is 2.24. The van der Waals surface area contributed by atoms with Gasteiger partial charge in [-0.05, 0) is 30.7 Å². The second-order valence-electron chi connectivity index (χ2n) is 5.51. The fourth-order valence-corrected chi connectivity index (χ4v) is 2.67. The van der Waals surface area contributed by atoms with Crippen molar-refractivity contribution in [3.8, 4) is 0 Å². The lowest BCUT2D eigenvalue weighted by molar-refractivity contribution is 0.569. The third-order valence-electron chi connectivity index (χ3n) is 2.61. The smallest absolute Gasteiger partial charge is 0.123 e. The maximum Gasteiger partial charge on any atom is 0.123 e. The Balaban J connectivity index is 2.54. The molecule has 1 atom stereocenters. The lowest BCUT2D eigenvalue weighted by Crippen LogP contribution is -2.34. The number of halogens is 1. The van der Waals surface area contributed by atoms with Gasteiger partial charge in [0.2, 0.25) is 0 Å². The molecule has 1 nitrogen and oxygen atoms in total. The average molecular weight is 269 g/mol. The van der Waals surface area contributed by atoms with Gasteiger partial charge >= 0.3 is 0 Å². The molecule has 0 saturated carbocycles. The standard InChI is InChI=1S/C15H24FNS/c1-5-17-14(11-18-15(2,3)4)10-12-6-8-13(16)9-7-12/h6-9,14,17H,5,10-11H2,1-4H3. The highest BCUT2D eigenvalue weighted by atomic mass is 32.2. The largest absolute Gasteiger partial charge is 0.313 e. The Bertz CT molecular complexity index is 343. The van der Waals surface area contributed by atoms with Gasteiger partial charge in [-0.1, -0.05) is 39.8 Å². The minimum absolute atomic E-state index is 0.164. The Kier molecular flexibility index (Phi) is 6.16. The number of thioether (sulfide) groups is 1. The van der Waals surface area contributed by atoms with E-state index in [4.69, 9.17) is 0 Å². The molecule has 3 heteroatoms. The minimum atomic E-state index is -0.164. The average Bonchev–Trinajstić information content (AvgIpc) is 2.28. The van der Waals surface area contributed by atoms with Gasteiger partial charge in [0.25, 0.3) is 0 Å². The van der Waals surface area contributed by atoms with Crippen LogP contribution in [-0.2, 0) is 6.42 Å². The maximum atomic E-state index is 12.9. The number of benzene rings is 1. The molecule has 1 unspecified atom stereocenters. The van der Waals surface area contributed by atoms with E-state index >= 15 is 0 Å². The topological polar surface area (TPSA) is 12.0 Å². The predicted molar refractivity (Wildman–Crippen MR) is 79.8 cm³/mol. The van der Waals surface area contributed by atoms with Gasteiger partial charge in [-0.2, -0.15) is 11.8 Å². The molecule has 0 fully saturated rings. The van der Waals surface area contributed by atoms with Crippen molar-refractivity contribution < 1.29 is 4.39 Å². The van der Waals surface area contributed by atoms with E-state index in [0.29, 0.717) is 6.04 Å². The summed E-state index contributed by atoms with van der Waals surface area (Å²) in [6.07, 6.45) is 0.956. The summed E-state index contributed by atoms with van der Waals surface area (Å²) in [6, 6.07) is 7.28. The van der Waals surface area contributed by atoms with E-state index in [0.717, 1.165) is 18.7 Å². The molecule has 0 saturated heterocycles. The van der Waals surface area contributed by atoms with Crippen molar-refractivity contribution in [1.29, 1.82) is 0 Å². The molecule has 0 spiro atoms. The van der Waals surface area contributed by atoms with Gasteiger partial charge < -0.3 is 5.32 Å². The van der Waals surface area contributed by atoms with Gasteiger partial charge in [-0.25, -0.2) is 4.39 Å². The lowest BCUT2D eigenvalue weighted by atomic mass is 10.1. The second-order valence-corrected chi connectivity index (χ2v) is 7.36. The van der Waals surface area contributed by atoms with E-state index in [1.165, 1.54) is 17.7 Å². The third-order valence-corrected chi connectivity index (χ3v) is 4.04. The Morgan fingerprint density at radius 3 is 2.33 bits per heavy atom. The first-order valence-corrected chi connectivity index (χ1v) is 7.51. The highest BCUT2D eigenvalue weighted by molar-refractivity contribution is 8.00. The number of likely N-dealkylation sites (N-methyl/N-ethyl adjacent to an activating group) is 1. The Morgan fingerprint density at radius 2 is 1.83 bits per heavy atom. The third kappa shape index (κ3) is 6.41. The van der Waals surface area contributed by atoms with Crippen LogP contribution in [0.3, 0.4) is 0 Å². The maximum absolute atomic E-state index is 12.9. The fourth-order valence-electron chi connectivity index (χ4n) is 1.73. The summed E-state index contributed by atoms with van der Waals surface area (Å²) in [5.41, 5.74) is 1.19. The van der Waals surface area contributed by atoms with Crippen molar-refractivity contribution in [1.82, 2.24) is 5.32 Å². The monoisotopic (exact) mass is 269 g/mol. The summed E-state index contributed by atoms with van der Waals surface area (Å²) in [5.74, 6) is 0.914. The van der Waals surface area contributed by atoms with E-state index in [-0.39, 0.29) is 10.6 Å². The first-order valence-electron chi connectivity index (χ1n) is 6.52. The van der Waals surface area contributed by atoms with Crippen molar-refractivity contribution in [3.63, 3.8) is 0 Å². The molecular weight excluding hydrogens is 245 g/mol. The molecule has 1 rings (SSSR count). The van der Waals surface area contributed by atoms with Crippen molar-refractivity contribution >= 4 is 11.8 Å². The van der Waals surface area contributed by atoms with Crippen LogP contribution in [0.4, 0.5) is 4.39 Å². The summed E-state index contributed by atoms with van der Waals surface area (Å²) in [6.45, 7) is 9.80. The molecule has 0 aromatic heterocycles. The Morgan fingerprint density at radius 1 is 1.22 bits per heavy atom. The van der Waals surface area contributed by atoms with Crippen LogP contribution in [0.1, 0.15) is 33.3 Å². The molecule has 0 amide bonds. The van der Waals surface area contributed by atoms with E-state index in [9.17, 15) is 4.39 Å². The molecule has 1 N–H and O–H groups in total. The zero-order chi connectivity index (χ0) is 13.6. The molecule has 0 heterocycles. The highest BCUT2D eigenvalue weighted by Gasteiger charge is 2.15. The summed E-state index contributed by atoms with van der Waals surface area (Å²) in [4.78, 5) is 0. The van der Waals surface area contributed by atoms with Gasteiger partial charge in [0.05, 0.1) is 0 Å². The van der Waals surface area contributed by atoms with Crippen molar-refractivity contribution in [2.75, 3.05) is 12.3 Å². The molecule has 0 aliphatic heterocycles. The SMILES string of the molecule is CCNC(CSC(C)(C)C)Cc1ccc(F)cc1.